The van der Waals surface area contributed by atoms with Gasteiger partial charge < -0.3 is 4.43 Å². The minimum Gasteiger partial charge on any atom is -0.416 e. The monoisotopic (exact) mass is 222 g/mol. The molecule has 0 fully saturated rings. The summed E-state index contributed by atoms with van der Waals surface area (Å²) in [4.78, 5) is 0. The lowest BCUT2D eigenvalue weighted by molar-refractivity contribution is 0.305. The third-order valence-corrected chi connectivity index (χ3v) is 5.63. The quantitative estimate of drug-likeness (QED) is 0.639. The summed E-state index contributed by atoms with van der Waals surface area (Å²) in [6.07, 6.45) is 2.54. The first-order chi connectivity index (χ1) is 7.36. The fourth-order valence-corrected chi connectivity index (χ4v) is 4.08. The molecule has 1 aromatic carbocycles. The van der Waals surface area contributed by atoms with Gasteiger partial charge in [0.05, 0.1) is 6.61 Å². The second-order valence-electron chi connectivity index (χ2n) is 4.00. The first-order valence-corrected chi connectivity index (χ1v) is 8.12. The van der Waals surface area contributed by atoms with Gasteiger partial charge in [-0.15, -0.1) is 0 Å². The molecule has 0 N–H and O–H groups in total. The van der Waals surface area contributed by atoms with E-state index in [2.05, 4.69) is 44.2 Å². The summed E-state index contributed by atoms with van der Waals surface area (Å²) < 4.78 is 6.05. The molecule has 0 heterocycles. The second-order valence-corrected chi connectivity index (χ2v) is 6.73. The minimum atomic E-state index is -0.904. The predicted octanol–water partition coefficient (Wildman–Crippen LogP) is 3.75. The van der Waals surface area contributed by atoms with Gasteiger partial charge in [-0.05, 0) is 17.7 Å². The molecule has 0 saturated carbocycles. The van der Waals surface area contributed by atoms with Gasteiger partial charge in [0.15, 0.2) is 9.04 Å². The van der Waals surface area contributed by atoms with Crippen LogP contribution in [0.25, 0.3) is 0 Å². The zero-order chi connectivity index (χ0) is 10.9. The Morgan fingerprint density at radius 2 is 1.60 bits per heavy atom. The lowest BCUT2D eigenvalue weighted by Crippen LogP contribution is -2.16. The van der Waals surface area contributed by atoms with Crippen LogP contribution in [0.2, 0.25) is 12.1 Å². The van der Waals surface area contributed by atoms with Gasteiger partial charge in [0, 0.05) is 0 Å². The van der Waals surface area contributed by atoms with Gasteiger partial charge in [0.25, 0.3) is 0 Å². The Bertz CT molecular complexity index is 242. The van der Waals surface area contributed by atoms with Gasteiger partial charge in [0.1, 0.15) is 0 Å². The number of hydrogen-bond donors (Lipinski definition) is 0. The van der Waals surface area contributed by atoms with Crippen LogP contribution in [0.5, 0.6) is 0 Å². The Labute approximate surface area is 95.2 Å². The SMILES string of the molecule is CCC[SiH](CCC)OCc1ccccc1. The van der Waals surface area contributed by atoms with E-state index in [1.165, 1.54) is 30.5 Å². The molecule has 84 valence electrons. The van der Waals surface area contributed by atoms with E-state index in [4.69, 9.17) is 4.43 Å². The molecule has 0 bridgehead atoms. The van der Waals surface area contributed by atoms with E-state index in [1.54, 1.807) is 0 Å². The molecular weight excluding hydrogens is 200 g/mol. The molecule has 0 aliphatic carbocycles. The minimum absolute atomic E-state index is 0.817. The maximum atomic E-state index is 6.05. The van der Waals surface area contributed by atoms with Crippen molar-refractivity contribution in [3.05, 3.63) is 35.9 Å². The van der Waals surface area contributed by atoms with Crippen molar-refractivity contribution in [3.8, 4) is 0 Å². The largest absolute Gasteiger partial charge is 0.416 e. The second kappa shape index (κ2) is 7.66. The van der Waals surface area contributed by atoms with E-state index in [0.29, 0.717) is 0 Å². The molecule has 0 atom stereocenters. The van der Waals surface area contributed by atoms with Crippen LogP contribution in [0.1, 0.15) is 32.3 Å². The maximum Gasteiger partial charge on any atom is 0.177 e. The molecule has 0 aromatic heterocycles. The van der Waals surface area contributed by atoms with Crippen LogP contribution in [0.4, 0.5) is 0 Å². The summed E-state index contributed by atoms with van der Waals surface area (Å²) in [6.45, 7) is 5.32. The Kier molecular flexibility index (Phi) is 6.36. The van der Waals surface area contributed by atoms with E-state index in [1.807, 2.05) is 0 Å². The molecule has 2 heteroatoms. The Hall–Kier alpha value is -0.603. The third-order valence-electron chi connectivity index (χ3n) is 2.55. The van der Waals surface area contributed by atoms with Crippen molar-refractivity contribution >= 4 is 9.04 Å². The summed E-state index contributed by atoms with van der Waals surface area (Å²) in [5.74, 6) is 0. The van der Waals surface area contributed by atoms with E-state index >= 15 is 0 Å². The molecule has 15 heavy (non-hydrogen) atoms. The first-order valence-electron chi connectivity index (χ1n) is 6.02. The summed E-state index contributed by atoms with van der Waals surface area (Å²) in [7, 11) is -0.904. The van der Waals surface area contributed by atoms with Gasteiger partial charge in [-0.25, -0.2) is 0 Å². The normalized spacial score (nSPS) is 10.9. The maximum absolute atomic E-state index is 6.05. The molecule has 0 spiro atoms. The van der Waals surface area contributed by atoms with Crippen molar-refractivity contribution in [1.82, 2.24) is 0 Å². The number of hydrogen-bond acceptors (Lipinski definition) is 1. The van der Waals surface area contributed by atoms with E-state index < -0.39 is 9.04 Å². The highest BCUT2D eigenvalue weighted by atomic mass is 28.3. The smallest absolute Gasteiger partial charge is 0.177 e. The highest BCUT2D eigenvalue weighted by Gasteiger charge is 2.09. The summed E-state index contributed by atoms with van der Waals surface area (Å²) >= 11 is 0. The van der Waals surface area contributed by atoms with Crippen molar-refractivity contribution in [2.75, 3.05) is 0 Å². The summed E-state index contributed by atoms with van der Waals surface area (Å²) in [6, 6.07) is 13.1. The van der Waals surface area contributed by atoms with E-state index in [0.717, 1.165) is 6.61 Å². The van der Waals surface area contributed by atoms with Crippen LogP contribution >= 0.6 is 0 Å². The molecule has 1 rings (SSSR count). The number of benzene rings is 1. The molecule has 0 aliphatic heterocycles. The van der Waals surface area contributed by atoms with Crippen LogP contribution in [0.3, 0.4) is 0 Å². The Morgan fingerprint density at radius 3 is 2.13 bits per heavy atom. The van der Waals surface area contributed by atoms with E-state index in [-0.39, 0.29) is 0 Å². The molecular formula is C13H22OSi. The lowest BCUT2D eigenvalue weighted by Gasteiger charge is -2.14. The Morgan fingerprint density at radius 1 is 1.00 bits per heavy atom. The zero-order valence-corrected chi connectivity index (χ0v) is 11.1. The van der Waals surface area contributed by atoms with Crippen LogP contribution < -0.4 is 0 Å². The van der Waals surface area contributed by atoms with Crippen molar-refractivity contribution in [2.45, 2.75) is 45.4 Å². The fraction of sp³-hybridized carbons (Fsp3) is 0.538. The van der Waals surface area contributed by atoms with Gasteiger partial charge >= 0.3 is 0 Å². The van der Waals surface area contributed by atoms with Crippen molar-refractivity contribution < 1.29 is 4.43 Å². The van der Waals surface area contributed by atoms with Crippen LogP contribution in [-0.4, -0.2) is 9.04 Å². The first kappa shape index (κ1) is 12.5. The summed E-state index contributed by atoms with van der Waals surface area (Å²) in [5.41, 5.74) is 1.31. The van der Waals surface area contributed by atoms with Crippen molar-refractivity contribution in [2.24, 2.45) is 0 Å². The topological polar surface area (TPSA) is 9.23 Å². The van der Waals surface area contributed by atoms with Crippen molar-refractivity contribution in [3.63, 3.8) is 0 Å². The standard InChI is InChI=1S/C13H22OSi/c1-3-10-15(11-4-2)14-12-13-8-6-5-7-9-13/h5-9,15H,3-4,10-12H2,1-2H3. The molecule has 0 saturated heterocycles. The van der Waals surface area contributed by atoms with Crippen LogP contribution in [0.15, 0.2) is 30.3 Å². The van der Waals surface area contributed by atoms with Gasteiger partial charge in [-0.1, -0.05) is 57.0 Å². The zero-order valence-electron chi connectivity index (χ0n) is 9.91. The van der Waals surface area contributed by atoms with Gasteiger partial charge in [-0.3, -0.25) is 0 Å². The molecule has 1 aromatic rings. The fourth-order valence-electron chi connectivity index (χ4n) is 1.74. The van der Waals surface area contributed by atoms with E-state index in [9.17, 15) is 0 Å². The highest BCUT2D eigenvalue weighted by Crippen LogP contribution is 2.10. The average Bonchev–Trinajstić information content (AvgIpc) is 2.28. The molecule has 0 amide bonds. The molecule has 0 aliphatic rings. The molecule has 0 unspecified atom stereocenters. The highest BCUT2D eigenvalue weighted by molar-refractivity contribution is 6.51. The van der Waals surface area contributed by atoms with Gasteiger partial charge in [0.2, 0.25) is 0 Å². The molecule has 0 radical (unpaired) electrons. The lowest BCUT2D eigenvalue weighted by atomic mass is 10.2. The van der Waals surface area contributed by atoms with Crippen LogP contribution in [-0.2, 0) is 11.0 Å². The number of rotatable bonds is 7. The summed E-state index contributed by atoms with van der Waals surface area (Å²) in [5, 5.41) is 0. The predicted molar refractivity (Wildman–Crippen MR) is 68.6 cm³/mol. The third kappa shape index (κ3) is 5.14. The van der Waals surface area contributed by atoms with Crippen LogP contribution in [0, 0.1) is 0 Å². The van der Waals surface area contributed by atoms with Crippen molar-refractivity contribution in [1.29, 1.82) is 0 Å². The Balaban J connectivity index is 2.33. The molecule has 1 nitrogen and oxygen atoms in total. The van der Waals surface area contributed by atoms with Gasteiger partial charge in [-0.2, -0.15) is 0 Å². The average molecular weight is 222 g/mol.